The molecule has 0 bridgehead atoms. The number of amides is 2. The van der Waals surface area contributed by atoms with Crippen LogP contribution in [0.25, 0.3) is 0 Å². The third kappa shape index (κ3) is 4.79. The number of hydrogen-bond acceptors (Lipinski definition) is 6. The van der Waals surface area contributed by atoms with Crippen molar-refractivity contribution < 1.29 is 19.1 Å². The molecule has 0 radical (unpaired) electrons. The van der Waals surface area contributed by atoms with E-state index in [9.17, 15) is 14.4 Å². The molecule has 0 saturated carbocycles. The van der Waals surface area contributed by atoms with Gasteiger partial charge in [0.25, 0.3) is 5.91 Å². The van der Waals surface area contributed by atoms with Crippen molar-refractivity contribution in [2.24, 2.45) is 11.7 Å². The number of likely N-dealkylation sites (tertiary alicyclic amines) is 1. The van der Waals surface area contributed by atoms with E-state index in [0.717, 1.165) is 30.8 Å². The van der Waals surface area contributed by atoms with Crippen molar-refractivity contribution >= 4 is 34.1 Å². The van der Waals surface area contributed by atoms with Gasteiger partial charge < -0.3 is 15.8 Å². The van der Waals surface area contributed by atoms with Gasteiger partial charge in [0.15, 0.2) is 0 Å². The van der Waals surface area contributed by atoms with Crippen LogP contribution in [0.1, 0.15) is 52.3 Å². The minimum absolute atomic E-state index is 0.207. The number of hydrogen-bond donors (Lipinski definition) is 2. The average Bonchev–Trinajstić information content (AvgIpc) is 2.84. The maximum atomic E-state index is 12.4. The highest BCUT2D eigenvalue weighted by atomic mass is 32.1. The van der Waals surface area contributed by atoms with Crippen LogP contribution in [-0.4, -0.2) is 48.9 Å². The highest BCUT2D eigenvalue weighted by molar-refractivity contribution is 7.18. The Bertz CT molecular complexity index is 671. The molecule has 8 heteroatoms. The third-order valence-electron chi connectivity index (χ3n) is 4.21. The van der Waals surface area contributed by atoms with E-state index >= 15 is 0 Å². The van der Waals surface area contributed by atoms with Crippen LogP contribution in [-0.2, 0) is 9.53 Å². The summed E-state index contributed by atoms with van der Waals surface area (Å²) in [6, 6.07) is 0. The average molecular weight is 367 g/mol. The van der Waals surface area contributed by atoms with E-state index < -0.39 is 11.9 Å². The lowest BCUT2D eigenvalue weighted by molar-refractivity contribution is -0.117. The molecule has 7 nitrogen and oxygen atoms in total. The standard InChI is InChI=1S/C17H25N3O4S/c1-4-24-17(23)13-11(3)14(15(18)22)25-16(13)19-12(21)9-20-7-5-6-10(2)8-20/h10H,4-9H2,1-3H3,(H2,18,22)(H,19,21)/t10-/m0/s1. The number of carbonyl (C=O) groups is 3. The van der Waals surface area contributed by atoms with Crippen LogP contribution in [0.3, 0.4) is 0 Å². The van der Waals surface area contributed by atoms with Gasteiger partial charge in [-0.25, -0.2) is 4.79 Å². The Morgan fingerprint density at radius 3 is 2.72 bits per heavy atom. The molecule has 0 unspecified atom stereocenters. The van der Waals surface area contributed by atoms with Gasteiger partial charge >= 0.3 is 5.97 Å². The number of esters is 1. The summed E-state index contributed by atoms with van der Waals surface area (Å²) in [7, 11) is 0. The summed E-state index contributed by atoms with van der Waals surface area (Å²) in [5.74, 6) is -0.831. The van der Waals surface area contributed by atoms with Gasteiger partial charge in [-0.05, 0) is 44.7 Å². The highest BCUT2D eigenvalue weighted by Gasteiger charge is 2.26. The summed E-state index contributed by atoms with van der Waals surface area (Å²) in [6.45, 7) is 7.74. The largest absolute Gasteiger partial charge is 0.462 e. The second-order valence-corrected chi connectivity index (χ2v) is 7.40. The summed E-state index contributed by atoms with van der Waals surface area (Å²) in [6.07, 6.45) is 2.25. The van der Waals surface area contributed by atoms with Crippen LogP contribution in [0, 0.1) is 12.8 Å². The lowest BCUT2D eigenvalue weighted by Crippen LogP contribution is -2.39. The Morgan fingerprint density at radius 1 is 1.40 bits per heavy atom. The van der Waals surface area contributed by atoms with Crippen molar-refractivity contribution in [3.8, 4) is 0 Å². The van der Waals surface area contributed by atoms with Crippen molar-refractivity contribution in [2.75, 3.05) is 31.6 Å². The molecular formula is C17H25N3O4S. The van der Waals surface area contributed by atoms with Crippen molar-refractivity contribution in [2.45, 2.75) is 33.6 Å². The molecule has 1 atom stereocenters. The number of thiophene rings is 1. The van der Waals surface area contributed by atoms with E-state index in [2.05, 4.69) is 17.1 Å². The van der Waals surface area contributed by atoms with Crippen LogP contribution in [0.5, 0.6) is 0 Å². The zero-order chi connectivity index (χ0) is 18.6. The second-order valence-electron chi connectivity index (χ2n) is 6.38. The summed E-state index contributed by atoms with van der Waals surface area (Å²) in [4.78, 5) is 38.5. The number of nitrogens with two attached hydrogens (primary N) is 1. The number of nitrogens with one attached hydrogen (secondary N) is 1. The number of anilines is 1. The fourth-order valence-corrected chi connectivity index (χ4v) is 4.15. The van der Waals surface area contributed by atoms with E-state index in [4.69, 9.17) is 10.5 Å². The molecule has 2 heterocycles. The normalized spacial score (nSPS) is 18.0. The number of nitrogens with zero attached hydrogens (tertiary/aromatic N) is 1. The predicted molar refractivity (Wildman–Crippen MR) is 97.0 cm³/mol. The lowest BCUT2D eigenvalue weighted by Gasteiger charge is -2.30. The van der Waals surface area contributed by atoms with Gasteiger partial charge in [0.05, 0.1) is 23.6 Å². The van der Waals surface area contributed by atoms with E-state index in [-0.39, 0.29) is 29.5 Å². The molecule has 0 aliphatic carbocycles. The minimum Gasteiger partial charge on any atom is -0.462 e. The van der Waals surface area contributed by atoms with E-state index in [1.165, 1.54) is 6.42 Å². The molecule has 2 rings (SSSR count). The fraction of sp³-hybridized carbons (Fsp3) is 0.588. The molecule has 1 aliphatic heterocycles. The molecule has 0 spiro atoms. The Kier molecular flexibility index (Phi) is 6.55. The van der Waals surface area contributed by atoms with Gasteiger partial charge in [0, 0.05) is 6.54 Å². The topological polar surface area (TPSA) is 102 Å². The molecule has 1 aromatic rings. The van der Waals surface area contributed by atoms with E-state index in [1.54, 1.807) is 13.8 Å². The number of primary amides is 1. The van der Waals surface area contributed by atoms with Gasteiger partial charge in [-0.15, -0.1) is 11.3 Å². The Balaban J connectivity index is 2.16. The third-order valence-corrected chi connectivity index (χ3v) is 5.43. The van der Waals surface area contributed by atoms with Gasteiger partial charge in [-0.1, -0.05) is 6.92 Å². The number of rotatable bonds is 6. The minimum atomic E-state index is -0.626. The van der Waals surface area contributed by atoms with Gasteiger partial charge in [0.1, 0.15) is 5.00 Å². The van der Waals surface area contributed by atoms with E-state index in [0.29, 0.717) is 16.5 Å². The Morgan fingerprint density at radius 2 is 2.12 bits per heavy atom. The van der Waals surface area contributed by atoms with Gasteiger partial charge in [0.2, 0.25) is 5.91 Å². The number of carbonyl (C=O) groups excluding carboxylic acids is 3. The summed E-state index contributed by atoms with van der Waals surface area (Å²) in [5, 5.41) is 3.08. The highest BCUT2D eigenvalue weighted by Crippen LogP contribution is 2.33. The van der Waals surface area contributed by atoms with Crippen LogP contribution >= 0.6 is 11.3 Å². The lowest BCUT2D eigenvalue weighted by atomic mass is 10.0. The van der Waals surface area contributed by atoms with Crippen LogP contribution < -0.4 is 11.1 Å². The zero-order valence-corrected chi connectivity index (χ0v) is 15.7. The first-order valence-electron chi connectivity index (χ1n) is 8.46. The van der Waals surface area contributed by atoms with Crippen LogP contribution in [0.4, 0.5) is 5.00 Å². The quantitative estimate of drug-likeness (QED) is 0.749. The van der Waals surface area contributed by atoms with Gasteiger partial charge in [-0.2, -0.15) is 0 Å². The molecule has 1 saturated heterocycles. The molecular weight excluding hydrogens is 342 g/mol. The van der Waals surface area contributed by atoms with Crippen molar-refractivity contribution in [1.82, 2.24) is 4.90 Å². The second kappa shape index (κ2) is 8.44. The molecule has 0 aromatic carbocycles. The molecule has 1 fully saturated rings. The first-order valence-corrected chi connectivity index (χ1v) is 9.27. The Hall–Kier alpha value is -1.93. The zero-order valence-electron chi connectivity index (χ0n) is 14.9. The first kappa shape index (κ1) is 19.4. The van der Waals surface area contributed by atoms with E-state index in [1.807, 2.05) is 0 Å². The van der Waals surface area contributed by atoms with Gasteiger partial charge in [-0.3, -0.25) is 14.5 Å². The molecule has 138 valence electrons. The molecule has 2 amide bonds. The molecule has 25 heavy (non-hydrogen) atoms. The number of ether oxygens (including phenoxy) is 1. The Labute approximate surface area is 151 Å². The summed E-state index contributed by atoms with van der Waals surface area (Å²) in [5.41, 5.74) is 6.02. The molecule has 1 aromatic heterocycles. The van der Waals surface area contributed by atoms with Crippen molar-refractivity contribution in [3.63, 3.8) is 0 Å². The molecule has 1 aliphatic rings. The fourth-order valence-electron chi connectivity index (χ4n) is 3.09. The van der Waals surface area contributed by atoms with Crippen LogP contribution in [0.2, 0.25) is 0 Å². The maximum absolute atomic E-state index is 12.4. The summed E-state index contributed by atoms with van der Waals surface area (Å²) >= 11 is 1.01. The summed E-state index contributed by atoms with van der Waals surface area (Å²) < 4.78 is 5.04. The SMILES string of the molecule is CCOC(=O)c1c(NC(=O)CN2CCC[C@H](C)C2)sc(C(N)=O)c1C. The monoisotopic (exact) mass is 367 g/mol. The maximum Gasteiger partial charge on any atom is 0.341 e. The smallest absolute Gasteiger partial charge is 0.341 e. The van der Waals surface area contributed by atoms with Crippen molar-refractivity contribution in [1.29, 1.82) is 0 Å². The number of piperidine rings is 1. The van der Waals surface area contributed by atoms with Crippen LogP contribution in [0.15, 0.2) is 0 Å². The van der Waals surface area contributed by atoms with Crippen molar-refractivity contribution in [3.05, 3.63) is 16.0 Å². The first-order chi connectivity index (χ1) is 11.8. The predicted octanol–water partition coefficient (Wildman–Crippen LogP) is 2.00. The molecule has 3 N–H and O–H groups in total.